The fourth-order valence-electron chi connectivity index (χ4n) is 2.39. The molecule has 0 amide bonds. The Balaban J connectivity index is 1.90. The molecule has 0 bridgehead atoms. The normalized spacial score (nSPS) is 20.2. The average Bonchev–Trinajstić information content (AvgIpc) is 2.86. The molecular formula is C13H24N4O2. The first kappa shape index (κ1) is 14.3. The average molecular weight is 268 g/mol. The van der Waals surface area contributed by atoms with Crippen LogP contribution in [0.25, 0.3) is 0 Å². The van der Waals surface area contributed by atoms with Crippen LogP contribution in [0.15, 0.2) is 4.42 Å². The summed E-state index contributed by atoms with van der Waals surface area (Å²) < 4.78 is 5.68. The minimum Gasteiger partial charge on any atom is -0.407 e. The monoisotopic (exact) mass is 268 g/mol. The van der Waals surface area contributed by atoms with Gasteiger partial charge in [0.2, 0.25) is 5.89 Å². The second kappa shape index (κ2) is 6.86. The maximum Gasteiger partial charge on any atom is 0.318 e. The number of nitrogens with zero attached hydrogens (tertiary/aromatic N) is 3. The molecule has 0 radical (unpaired) electrons. The quantitative estimate of drug-likeness (QED) is 0.806. The highest BCUT2D eigenvalue weighted by atomic mass is 16.4. The predicted octanol–water partition coefficient (Wildman–Crippen LogP) is 1.17. The molecule has 108 valence electrons. The van der Waals surface area contributed by atoms with E-state index in [1.54, 1.807) is 0 Å². The molecule has 0 aliphatic carbocycles. The Morgan fingerprint density at radius 2 is 2.32 bits per heavy atom. The second-order valence-corrected chi connectivity index (χ2v) is 5.48. The van der Waals surface area contributed by atoms with E-state index in [0.717, 1.165) is 25.9 Å². The van der Waals surface area contributed by atoms with Crippen molar-refractivity contribution in [2.45, 2.75) is 45.7 Å². The molecule has 1 unspecified atom stereocenters. The van der Waals surface area contributed by atoms with Gasteiger partial charge in [0.15, 0.2) is 0 Å². The van der Waals surface area contributed by atoms with Crippen LogP contribution in [0.2, 0.25) is 0 Å². The maximum atomic E-state index is 9.02. The Bertz CT molecular complexity index is 378. The van der Waals surface area contributed by atoms with E-state index in [0.29, 0.717) is 30.4 Å². The van der Waals surface area contributed by atoms with Crippen LogP contribution in [0, 0.1) is 5.92 Å². The molecule has 1 aromatic heterocycles. The van der Waals surface area contributed by atoms with E-state index < -0.39 is 0 Å². The third-order valence-electron chi connectivity index (χ3n) is 3.44. The van der Waals surface area contributed by atoms with E-state index in [-0.39, 0.29) is 6.61 Å². The summed E-state index contributed by atoms with van der Waals surface area (Å²) in [5.74, 6) is 1.16. The van der Waals surface area contributed by atoms with Crippen molar-refractivity contribution in [1.82, 2.24) is 15.5 Å². The van der Waals surface area contributed by atoms with Crippen LogP contribution in [0.4, 0.5) is 6.01 Å². The van der Waals surface area contributed by atoms with E-state index in [9.17, 15) is 0 Å². The topological polar surface area (TPSA) is 74.4 Å². The molecule has 6 heteroatoms. The highest BCUT2D eigenvalue weighted by Gasteiger charge is 2.23. The minimum absolute atomic E-state index is 0.256. The third kappa shape index (κ3) is 4.18. The van der Waals surface area contributed by atoms with Gasteiger partial charge in [-0.3, -0.25) is 0 Å². The zero-order valence-electron chi connectivity index (χ0n) is 11.8. The summed E-state index contributed by atoms with van der Waals surface area (Å²) >= 11 is 0. The summed E-state index contributed by atoms with van der Waals surface area (Å²) in [5, 5.41) is 20.5. The predicted molar refractivity (Wildman–Crippen MR) is 72.9 cm³/mol. The smallest absolute Gasteiger partial charge is 0.318 e. The summed E-state index contributed by atoms with van der Waals surface area (Å²) in [7, 11) is 0. The first-order chi connectivity index (χ1) is 9.19. The van der Waals surface area contributed by atoms with Crippen molar-refractivity contribution >= 4 is 6.01 Å². The molecule has 2 heterocycles. The molecule has 0 saturated carbocycles. The molecule has 1 aromatic rings. The van der Waals surface area contributed by atoms with Crippen molar-refractivity contribution in [3.8, 4) is 0 Å². The van der Waals surface area contributed by atoms with Crippen molar-refractivity contribution in [2.75, 3.05) is 24.6 Å². The molecule has 2 rings (SSSR count). The molecule has 1 fully saturated rings. The number of rotatable bonds is 6. The molecule has 0 aromatic carbocycles. The lowest BCUT2D eigenvalue weighted by Gasteiger charge is -2.30. The van der Waals surface area contributed by atoms with E-state index >= 15 is 0 Å². The van der Waals surface area contributed by atoms with Gasteiger partial charge in [0.05, 0.1) is 6.54 Å². The maximum absolute atomic E-state index is 9.02. The van der Waals surface area contributed by atoms with Crippen molar-refractivity contribution in [2.24, 2.45) is 5.92 Å². The lowest BCUT2D eigenvalue weighted by Crippen LogP contribution is -2.36. The van der Waals surface area contributed by atoms with Crippen LogP contribution in [0.5, 0.6) is 0 Å². The van der Waals surface area contributed by atoms with Crippen LogP contribution in [0.3, 0.4) is 0 Å². The lowest BCUT2D eigenvalue weighted by atomic mass is 9.95. The van der Waals surface area contributed by atoms with Crippen LogP contribution in [-0.4, -0.2) is 41.0 Å². The van der Waals surface area contributed by atoms with Gasteiger partial charge in [0.1, 0.15) is 0 Å². The van der Waals surface area contributed by atoms with Gasteiger partial charge in [0, 0.05) is 25.7 Å². The molecule has 1 atom stereocenters. The standard InChI is InChI=1S/C13H24N4O2/c1-10(2)14-8-12-15-16-13(19-12)17-6-3-4-11(9-17)5-7-18/h10-11,14,18H,3-9H2,1-2H3. The van der Waals surface area contributed by atoms with Crippen molar-refractivity contribution < 1.29 is 9.52 Å². The summed E-state index contributed by atoms with van der Waals surface area (Å²) in [4.78, 5) is 2.13. The van der Waals surface area contributed by atoms with Gasteiger partial charge < -0.3 is 19.7 Å². The molecule has 1 aliphatic rings. The summed E-state index contributed by atoms with van der Waals surface area (Å²) in [6.45, 7) is 6.90. The molecular weight excluding hydrogens is 244 g/mol. The number of aliphatic hydroxyl groups excluding tert-OH is 1. The van der Waals surface area contributed by atoms with Crippen LogP contribution in [0.1, 0.15) is 39.0 Å². The summed E-state index contributed by atoms with van der Waals surface area (Å²) in [6, 6.07) is 1.02. The Labute approximate surface area is 114 Å². The Kier molecular flexibility index (Phi) is 5.15. The van der Waals surface area contributed by atoms with Gasteiger partial charge in [-0.1, -0.05) is 18.9 Å². The molecule has 19 heavy (non-hydrogen) atoms. The third-order valence-corrected chi connectivity index (χ3v) is 3.44. The number of piperidine rings is 1. The SMILES string of the molecule is CC(C)NCc1nnc(N2CCCC(CCO)C2)o1. The Hall–Kier alpha value is -1.14. The Morgan fingerprint density at radius 1 is 1.47 bits per heavy atom. The molecule has 6 nitrogen and oxygen atoms in total. The van der Waals surface area contributed by atoms with Crippen LogP contribution in [-0.2, 0) is 6.54 Å². The second-order valence-electron chi connectivity index (χ2n) is 5.48. The van der Waals surface area contributed by atoms with Crippen molar-refractivity contribution in [1.29, 1.82) is 0 Å². The number of aromatic nitrogens is 2. The van der Waals surface area contributed by atoms with Crippen molar-refractivity contribution in [3.63, 3.8) is 0 Å². The van der Waals surface area contributed by atoms with Gasteiger partial charge in [-0.2, -0.15) is 0 Å². The number of hydrogen-bond donors (Lipinski definition) is 2. The summed E-state index contributed by atoms with van der Waals surface area (Å²) in [6.07, 6.45) is 3.14. The molecule has 1 saturated heterocycles. The number of anilines is 1. The van der Waals surface area contributed by atoms with E-state index in [2.05, 4.69) is 34.3 Å². The van der Waals surface area contributed by atoms with E-state index in [1.807, 2.05) is 0 Å². The van der Waals surface area contributed by atoms with E-state index in [1.165, 1.54) is 6.42 Å². The lowest BCUT2D eigenvalue weighted by molar-refractivity contribution is 0.242. The van der Waals surface area contributed by atoms with Gasteiger partial charge in [-0.25, -0.2) is 0 Å². The fourth-order valence-corrected chi connectivity index (χ4v) is 2.39. The fraction of sp³-hybridized carbons (Fsp3) is 0.846. The molecule has 0 spiro atoms. The summed E-state index contributed by atoms with van der Waals surface area (Å²) in [5.41, 5.74) is 0. The van der Waals surface area contributed by atoms with Gasteiger partial charge in [0.25, 0.3) is 0 Å². The number of aliphatic hydroxyl groups is 1. The van der Waals surface area contributed by atoms with Crippen LogP contribution >= 0.6 is 0 Å². The van der Waals surface area contributed by atoms with E-state index in [4.69, 9.17) is 9.52 Å². The van der Waals surface area contributed by atoms with Crippen LogP contribution < -0.4 is 10.2 Å². The van der Waals surface area contributed by atoms with Gasteiger partial charge in [-0.05, 0) is 25.2 Å². The van der Waals surface area contributed by atoms with Gasteiger partial charge in [-0.15, -0.1) is 5.10 Å². The molecule has 2 N–H and O–H groups in total. The number of nitrogens with one attached hydrogen (secondary N) is 1. The first-order valence-electron chi connectivity index (χ1n) is 7.10. The highest BCUT2D eigenvalue weighted by molar-refractivity contribution is 5.25. The Morgan fingerprint density at radius 3 is 3.05 bits per heavy atom. The number of hydrogen-bond acceptors (Lipinski definition) is 6. The zero-order valence-corrected chi connectivity index (χ0v) is 11.8. The zero-order chi connectivity index (χ0) is 13.7. The largest absolute Gasteiger partial charge is 0.407 e. The highest BCUT2D eigenvalue weighted by Crippen LogP contribution is 2.23. The first-order valence-corrected chi connectivity index (χ1v) is 7.10. The van der Waals surface area contributed by atoms with Crippen molar-refractivity contribution in [3.05, 3.63) is 5.89 Å². The van der Waals surface area contributed by atoms with Gasteiger partial charge >= 0.3 is 6.01 Å². The minimum atomic E-state index is 0.256. The molecule has 1 aliphatic heterocycles.